The predicted molar refractivity (Wildman–Crippen MR) is 29.8 cm³/mol. The average molecular weight is 131 g/mol. The van der Waals surface area contributed by atoms with Crippen molar-refractivity contribution in [1.29, 1.82) is 0 Å². The molecule has 1 fully saturated rings. The molecule has 52 valence electrons. The summed E-state index contributed by atoms with van der Waals surface area (Å²) in [4.78, 5) is 9.74. The number of hydrogen-bond acceptors (Lipinski definition) is 3. The minimum atomic E-state index is -0.227. The summed E-state index contributed by atoms with van der Waals surface area (Å²) in [7, 11) is 0. The van der Waals surface area contributed by atoms with E-state index in [1.54, 1.807) is 0 Å². The number of nitrogens with one attached hydrogen (secondary N) is 1. The van der Waals surface area contributed by atoms with E-state index in [1.165, 1.54) is 0 Å². The van der Waals surface area contributed by atoms with E-state index in [2.05, 4.69) is 5.32 Å². The molecule has 0 saturated carbocycles. The van der Waals surface area contributed by atoms with Gasteiger partial charge < -0.3 is 14.8 Å². The first-order chi connectivity index (χ1) is 4.43. The molecule has 1 rings (SSSR count). The highest BCUT2D eigenvalue weighted by atomic mass is 16.7. The Morgan fingerprint density at radius 1 is 1.56 bits per heavy atom. The van der Waals surface area contributed by atoms with Crippen LogP contribution in [-0.4, -0.2) is 32.5 Å². The first kappa shape index (κ1) is 6.51. The summed E-state index contributed by atoms with van der Waals surface area (Å²) < 4.78 is 10.0. The molecule has 0 unspecified atom stereocenters. The van der Waals surface area contributed by atoms with Crippen LogP contribution in [-0.2, 0) is 14.3 Å². The second kappa shape index (κ2) is 3.42. The number of hydrogen-bond donors (Lipinski definition) is 1. The summed E-state index contributed by atoms with van der Waals surface area (Å²) in [5.74, 6) is 0. The van der Waals surface area contributed by atoms with E-state index in [9.17, 15) is 4.79 Å². The molecule has 1 saturated heterocycles. The smallest absolute Gasteiger partial charge is 0.207 e. The third-order valence-electron chi connectivity index (χ3n) is 1.06. The summed E-state index contributed by atoms with van der Waals surface area (Å²) in [5.41, 5.74) is 0. The summed E-state index contributed by atoms with van der Waals surface area (Å²) in [6.07, 6.45) is 0.403. The highest BCUT2D eigenvalue weighted by molar-refractivity contribution is 5.45. The second-order valence-corrected chi connectivity index (χ2v) is 1.70. The number of ether oxygens (including phenoxy) is 2. The SMILES string of the molecule is O=CNCC1OCCO1. The molecule has 0 aromatic carbocycles. The van der Waals surface area contributed by atoms with Crippen LogP contribution in [0.4, 0.5) is 0 Å². The van der Waals surface area contributed by atoms with Gasteiger partial charge >= 0.3 is 0 Å². The first-order valence-corrected chi connectivity index (χ1v) is 2.83. The summed E-state index contributed by atoms with van der Waals surface area (Å²) in [6, 6.07) is 0. The Balaban J connectivity index is 2.04. The molecule has 0 atom stereocenters. The van der Waals surface area contributed by atoms with Crippen molar-refractivity contribution in [3.05, 3.63) is 0 Å². The van der Waals surface area contributed by atoms with Crippen LogP contribution < -0.4 is 5.32 Å². The van der Waals surface area contributed by atoms with Crippen molar-refractivity contribution in [3.8, 4) is 0 Å². The Bertz CT molecular complexity index is 90.2. The van der Waals surface area contributed by atoms with Gasteiger partial charge in [0.25, 0.3) is 0 Å². The minimum absolute atomic E-state index is 0.227. The van der Waals surface area contributed by atoms with E-state index in [1.807, 2.05) is 0 Å². The van der Waals surface area contributed by atoms with E-state index in [4.69, 9.17) is 9.47 Å². The van der Waals surface area contributed by atoms with Crippen LogP contribution in [0, 0.1) is 0 Å². The lowest BCUT2D eigenvalue weighted by molar-refractivity contribution is -0.111. The standard InChI is InChI=1S/C5H9NO3/c7-4-6-3-5-8-1-2-9-5/h4-5H,1-3H2,(H,6,7). The van der Waals surface area contributed by atoms with Crippen molar-refractivity contribution in [2.75, 3.05) is 19.8 Å². The maximum absolute atomic E-state index is 9.74. The molecule has 4 heteroatoms. The van der Waals surface area contributed by atoms with Gasteiger partial charge in [-0.05, 0) is 0 Å². The Morgan fingerprint density at radius 3 is 2.78 bits per heavy atom. The van der Waals surface area contributed by atoms with E-state index < -0.39 is 0 Å². The Kier molecular flexibility index (Phi) is 2.48. The fourth-order valence-corrected chi connectivity index (χ4v) is 0.669. The minimum Gasteiger partial charge on any atom is -0.354 e. The summed E-state index contributed by atoms with van der Waals surface area (Å²) in [6.45, 7) is 1.71. The largest absolute Gasteiger partial charge is 0.354 e. The van der Waals surface area contributed by atoms with Gasteiger partial charge in [-0.2, -0.15) is 0 Å². The van der Waals surface area contributed by atoms with Gasteiger partial charge in [0.05, 0.1) is 19.8 Å². The lowest BCUT2D eigenvalue weighted by Crippen LogP contribution is -2.26. The zero-order valence-corrected chi connectivity index (χ0v) is 5.00. The molecule has 1 heterocycles. The van der Waals surface area contributed by atoms with Gasteiger partial charge in [-0.15, -0.1) is 0 Å². The number of carbonyl (C=O) groups excluding carboxylic acids is 1. The molecule has 1 aliphatic heterocycles. The van der Waals surface area contributed by atoms with Crippen LogP contribution in [0.3, 0.4) is 0 Å². The molecule has 1 aliphatic rings. The van der Waals surface area contributed by atoms with Crippen LogP contribution in [0.15, 0.2) is 0 Å². The van der Waals surface area contributed by atoms with Crippen LogP contribution in [0.2, 0.25) is 0 Å². The van der Waals surface area contributed by atoms with E-state index >= 15 is 0 Å². The van der Waals surface area contributed by atoms with Crippen molar-refractivity contribution in [2.24, 2.45) is 0 Å². The van der Waals surface area contributed by atoms with Crippen molar-refractivity contribution in [1.82, 2.24) is 5.32 Å². The zero-order valence-electron chi connectivity index (χ0n) is 5.00. The van der Waals surface area contributed by atoms with Crippen molar-refractivity contribution in [2.45, 2.75) is 6.29 Å². The molecule has 0 spiro atoms. The normalized spacial score (nSPS) is 20.0. The third kappa shape index (κ3) is 1.99. The molecule has 4 nitrogen and oxygen atoms in total. The van der Waals surface area contributed by atoms with Gasteiger partial charge in [-0.1, -0.05) is 0 Å². The molecule has 0 bridgehead atoms. The fraction of sp³-hybridized carbons (Fsp3) is 0.800. The van der Waals surface area contributed by atoms with Gasteiger partial charge in [0.2, 0.25) is 6.41 Å². The molecule has 0 aliphatic carbocycles. The molecule has 9 heavy (non-hydrogen) atoms. The Morgan fingerprint density at radius 2 is 2.22 bits per heavy atom. The van der Waals surface area contributed by atoms with Crippen LogP contribution >= 0.6 is 0 Å². The molecule has 0 aromatic heterocycles. The Hall–Kier alpha value is -0.610. The highest BCUT2D eigenvalue weighted by Gasteiger charge is 2.13. The number of carbonyl (C=O) groups is 1. The highest BCUT2D eigenvalue weighted by Crippen LogP contribution is 2.00. The number of amides is 1. The monoisotopic (exact) mass is 131 g/mol. The van der Waals surface area contributed by atoms with Gasteiger partial charge in [-0.3, -0.25) is 4.79 Å². The molecular formula is C5H9NO3. The molecule has 1 amide bonds. The van der Waals surface area contributed by atoms with Gasteiger partial charge in [0.1, 0.15) is 0 Å². The average Bonchev–Trinajstić information content (AvgIpc) is 2.34. The van der Waals surface area contributed by atoms with E-state index in [0.717, 1.165) is 0 Å². The second-order valence-electron chi connectivity index (χ2n) is 1.70. The third-order valence-corrected chi connectivity index (χ3v) is 1.06. The lowest BCUT2D eigenvalue weighted by Gasteiger charge is -2.05. The maximum Gasteiger partial charge on any atom is 0.207 e. The van der Waals surface area contributed by atoms with Crippen LogP contribution in [0.25, 0.3) is 0 Å². The van der Waals surface area contributed by atoms with E-state index in [-0.39, 0.29) is 6.29 Å². The Labute approximate surface area is 53.1 Å². The van der Waals surface area contributed by atoms with Crippen LogP contribution in [0.1, 0.15) is 0 Å². The molecule has 0 radical (unpaired) electrons. The van der Waals surface area contributed by atoms with Crippen molar-refractivity contribution < 1.29 is 14.3 Å². The molecule has 0 aromatic rings. The zero-order chi connectivity index (χ0) is 6.53. The lowest BCUT2D eigenvalue weighted by atomic mass is 10.6. The van der Waals surface area contributed by atoms with E-state index in [0.29, 0.717) is 26.2 Å². The molecule has 1 N–H and O–H groups in total. The van der Waals surface area contributed by atoms with Gasteiger partial charge in [0, 0.05) is 0 Å². The predicted octanol–water partition coefficient (Wildman–Crippen LogP) is -0.895. The van der Waals surface area contributed by atoms with Gasteiger partial charge in [0.15, 0.2) is 6.29 Å². The fourth-order valence-electron chi connectivity index (χ4n) is 0.669. The van der Waals surface area contributed by atoms with Gasteiger partial charge in [-0.25, -0.2) is 0 Å². The first-order valence-electron chi connectivity index (χ1n) is 2.83. The van der Waals surface area contributed by atoms with Crippen molar-refractivity contribution in [3.63, 3.8) is 0 Å². The maximum atomic E-state index is 9.74. The quantitative estimate of drug-likeness (QED) is 0.505. The van der Waals surface area contributed by atoms with Crippen LogP contribution in [0.5, 0.6) is 0 Å². The summed E-state index contributed by atoms with van der Waals surface area (Å²) >= 11 is 0. The van der Waals surface area contributed by atoms with Crippen molar-refractivity contribution >= 4 is 6.41 Å². The number of rotatable bonds is 3. The summed E-state index contributed by atoms with van der Waals surface area (Å²) in [5, 5.41) is 2.46. The topological polar surface area (TPSA) is 47.6 Å². The molecular weight excluding hydrogens is 122 g/mol.